The Hall–Kier alpha value is -3.35. The zero-order valence-electron chi connectivity index (χ0n) is 24.7. The van der Waals surface area contributed by atoms with E-state index >= 15 is 0 Å². The van der Waals surface area contributed by atoms with Gasteiger partial charge in [0.2, 0.25) is 0 Å². The van der Waals surface area contributed by atoms with Gasteiger partial charge in [0.05, 0.1) is 16.6 Å². The Bertz CT molecular complexity index is 1550. The van der Waals surface area contributed by atoms with Crippen LogP contribution in [-0.4, -0.2) is 43.5 Å². The van der Waals surface area contributed by atoms with Crippen LogP contribution in [0.4, 0.5) is 0 Å². The van der Waals surface area contributed by atoms with Crippen LogP contribution in [0.15, 0.2) is 78.9 Å². The average Bonchev–Trinajstić information content (AvgIpc) is 3.40. The van der Waals surface area contributed by atoms with Crippen LogP contribution in [0.25, 0.3) is 11.1 Å². The van der Waals surface area contributed by atoms with E-state index in [2.05, 4.69) is 66.4 Å². The Labute approximate surface area is 264 Å². The summed E-state index contributed by atoms with van der Waals surface area (Å²) in [6.45, 7) is 7.53. The zero-order valence-corrected chi connectivity index (χ0v) is 26.3. The molecule has 5 rings (SSSR count). The smallest absolute Gasteiger partial charge is 0.156 e. The van der Waals surface area contributed by atoms with Crippen LogP contribution in [0.3, 0.4) is 0 Å². The van der Waals surface area contributed by atoms with Crippen LogP contribution in [-0.2, 0) is 17.8 Å². The molecule has 0 spiro atoms. The number of carbonyl (C=O) groups is 1. The van der Waals surface area contributed by atoms with Crippen LogP contribution in [0.2, 0.25) is 10.0 Å². The predicted octanol–water partition coefficient (Wildman–Crippen LogP) is 7.79. The van der Waals surface area contributed by atoms with Crippen molar-refractivity contribution >= 4 is 29.0 Å². The lowest BCUT2D eigenvalue weighted by atomic mass is 9.87. The van der Waals surface area contributed by atoms with Crippen molar-refractivity contribution in [1.29, 1.82) is 0 Å². The molecule has 43 heavy (non-hydrogen) atoms. The second-order valence-electron chi connectivity index (χ2n) is 11.3. The van der Waals surface area contributed by atoms with Gasteiger partial charge in [0.1, 0.15) is 24.7 Å². The van der Waals surface area contributed by atoms with E-state index in [4.69, 9.17) is 38.4 Å². The number of likely N-dealkylation sites (tertiary alicyclic amines) is 1. The van der Waals surface area contributed by atoms with Crippen LogP contribution < -0.4 is 15.2 Å². The Morgan fingerprint density at radius 2 is 1.63 bits per heavy atom. The van der Waals surface area contributed by atoms with Crippen LogP contribution in [0.5, 0.6) is 11.5 Å². The lowest BCUT2D eigenvalue weighted by Gasteiger charge is -2.20. The second-order valence-corrected chi connectivity index (χ2v) is 12.1. The van der Waals surface area contributed by atoms with Gasteiger partial charge >= 0.3 is 0 Å². The molecule has 1 atom stereocenters. The van der Waals surface area contributed by atoms with Gasteiger partial charge in [-0.1, -0.05) is 77.8 Å². The lowest BCUT2D eigenvalue weighted by molar-refractivity contribution is -0.116. The number of nitrogens with zero attached hydrogens (tertiary/aromatic N) is 1. The second kappa shape index (κ2) is 14.4. The van der Waals surface area contributed by atoms with Crippen molar-refractivity contribution in [2.75, 3.05) is 32.8 Å². The highest BCUT2D eigenvalue weighted by Crippen LogP contribution is 2.34. The minimum absolute atomic E-state index is 0.198. The molecule has 0 bridgehead atoms. The largest absolute Gasteiger partial charge is 0.490 e. The molecule has 1 aliphatic rings. The van der Waals surface area contributed by atoms with Crippen molar-refractivity contribution in [2.45, 2.75) is 39.2 Å². The molecule has 4 aromatic rings. The van der Waals surface area contributed by atoms with Crippen molar-refractivity contribution < 1.29 is 14.3 Å². The van der Waals surface area contributed by atoms with Gasteiger partial charge < -0.3 is 15.2 Å². The number of hydrogen-bond donors (Lipinski definition) is 1. The van der Waals surface area contributed by atoms with Gasteiger partial charge in [-0.15, -0.1) is 0 Å². The third-order valence-electron chi connectivity index (χ3n) is 7.97. The van der Waals surface area contributed by atoms with E-state index in [1.807, 2.05) is 31.2 Å². The molecule has 1 aliphatic heterocycles. The van der Waals surface area contributed by atoms with E-state index in [0.717, 1.165) is 30.8 Å². The highest BCUT2D eigenvalue weighted by molar-refractivity contribution is 6.37. The lowest BCUT2D eigenvalue weighted by Crippen LogP contribution is -2.20. The summed E-state index contributed by atoms with van der Waals surface area (Å²) in [6, 6.07) is 27.0. The number of carbonyl (C=O) groups excluding carboxylic acids is 1. The first-order valence-electron chi connectivity index (χ1n) is 14.7. The summed E-state index contributed by atoms with van der Waals surface area (Å²) in [7, 11) is 0. The first-order valence-corrected chi connectivity index (χ1v) is 15.5. The molecule has 7 heteroatoms. The van der Waals surface area contributed by atoms with E-state index < -0.39 is 0 Å². The van der Waals surface area contributed by atoms with Gasteiger partial charge in [0.25, 0.3) is 0 Å². The number of nitrogens with two attached hydrogens (primary N) is 1. The molecule has 0 aromatic heterocycles. The SMILES string of the molecule is Cc1cc(Cl)c(OCCOc2ccc(CC(CN)c3ccc(-c4ccccc4CN4CCC(=O)C4)cc3C)cc2)c(Cl)c1. The molecular formula is C36H38Cl2N2O3. The van der Waals surface area contributed by atoms with Crippen molar-refractivity contribution in [3.8, 4) is 22.6 Å². The fraction of sp³-hybridized carbons (Fsp3) is 0.306. The molecule has 1 fully saturated rings. The standard InChI is InChI=1S/C36H38Cl2N2O3/c1-24-17-34(37)36(35(38)18-24)43-16-15-42-31-10-7-26(8-11-31)20-29(21-39)32-12-9-27(19-25(32)2)33-6-4-3-5-28(33)22-40-14-13-30(41)23-40/h3-12,17-19,29H,13-16,20-23,39H2,1-2H3. The van der Waals surface area contributed by atoms with Gasteiger partial charge in [-0.2, -0.15) is 0 Å². The summed E-state index contributed by atoms with van der Waals surface area (Å²) >= 11 is 12.5. The fourth-order valence-electron chi connectivity index (χ4n) is 5.76. The van der Waals surface area contributed by atoms with E-state index in [-0.39, 0.29) is 5.92 Å². The van der Waals surface area contributed by atoms with Crippen molar-refractivity contribution in [2.24, 2.45) is 5.73 Å². The van der Waals surface area contributed by atoms with E-state index in [0.29, 0.717) is 54.3 Å². The third-order valence-corrected chi connectivity index (χ3v) is 8.53. The Morgan fingerprint density at radius 3 is 2.30 bits per heavy atom. The number of halogens is 2. The van der Waals surface area contributed by atoms with E-state index in [1.54, 1.807) is 0 Å². The van der Waals surface area contributed by atoms with Gasteiger partial charge in [0.15, 0.2) is 5.75 Å². The first-order chi connectivity index (χ1) is 20.8. The summed E-state index contributed by atoms with van der Waals surface area (Å²) in [4.78, 5) is 14.0. The van der Waals surface area contributed by atoms with Crippen LogP contribution >= 0.6 is 23.2 Å². The molecule has 5 nitrogen and oxygen atoms in total. The van der Waals surface area contributed by atoms with Crippen LogP contribution in [0.1, 0.15) is 40.2 Å². The van der Waals surface area contributed by atoms with Gasteiger partial charge in [-0.3, -0.25) is 9.69 Å². The van der Waals surface area contributed by atoms with Crippen molar-refractivity contribution in [1.82, 2.24) is 4.90 Å². The predicted molar refractivity (Wildman–Crippen MR) is 176 cm³/mol. The van der Waals surface area contributed by atoms with Gasteiger partial charge in [0, 0.05) is 25.4 Å². The number of aryl methyl sites for hydroxylation is 2. The quantitative estimate of drug-likeness (QED) is 0.165. The molecule has 0 amide bonds. The maximum Gasteiger partial charge on any atom is 0.156 e. The van der Waals surface area contributed by atoms with E-state index in [1.165, 1.54) is 33.4 Å². The summed E-state index contributed by atoms with van der Waals surface area (Å²) < 4.78 is 11.6. The van der Waals surface area contributed by atoms with Crippen LogP contribution in [0, 0.1) is 13.8 Å². The molecular weight excluding hydrogens is 579 g/mol. The number of ketones is 1. The summed E-state index contributed by atoms with van der Waals surface area (Å²) in [5.74, 6) is 1.78. The Balaban J connectivity index is 1.19. The maximum absolute atomic E-state index is 11.8. The monoisotopic (exact) mass is 616 g/mol. The highest BCUT2D eigenvalue weighted by atomic mass is 35.5. The molecule has 4 aromatic carbocycles. The summed E-state index contributed by atoms with van der Waals surface area (Å²) in [6.07, 6.45) is 1.49. The first kappa shape index (κ1) is 31.1. The van der Waals surface area contributed by atoms with Crippen molar-refractivity contribution in [3.05, 3.63) is 117 Å². The highest BCUT2D eigenvalue weighted by Gasteiger charge is 2.21. The topological polar surface area (TPSA) is 64.8 Å². The fourth-order valence-corrected chi connectivity index (χ4v) is 6.47. The average molecular weight is 618 g/mol. The number of benzene rings is 4. The Morgan fingerprint density at radius 1 is 0.907 bits per heavy atom. The maximum atomic E-state index is 11.8. The number of hydrogen-bond acceptors (Lipinski definition) is 5. The Kier molecular flexibility index (Phi) is 10.4. The summed E-state index contributed by atoms with van der Waals surface area (Å²) in [5, 5.41) is 0.990. The number of ether oxygens (including phenoxy) is 2. The normalized spacial score (nSPS) is 14.2. The zero-order chi connectivity index (χ0) is 30.3. The van der Waals surface area contributed by atoms with Gasteiger partial charge in [-0.25, -0.2) is 0 Å². The third kappa shape index (κ3) is 7.98. The molecule has 1 heterocycles. The van der Waals surface area contributed by atoms with Gasteiger partial charge in [-0.05, 0) is 90.0 Å². The molecule has 0 aliphatic carbocycles. The molecule has 2 N–H and O–H groups in total. The van der Waals surface area contributed by atoms with Crippen molar-refractivity contribution in [3.63, 3.8) is 0 Å². The molecule has 224 valence electrons. The molecule has 0 radical (unpaired) electrons. The minimum atomic E-state index is 0.198. The number of Topliss-reactive ketones (excluding diaryl/α,β-unsaturated/α-hetero) is 1. The number of rotatable bonds is 12. The van der Waals surface area contributed by atoms with E-state index in [9.17, 15) is 4.79 Å². The molecule has 0 saturated carbocycles. The minimum Gasteiger partial charge on any atom is -0.490 e. The molecule has 1 saturated heterocycles. The summed E-state index contributed by atoms with van der Waals surface area (Å²) in [5.41, 5.74) is 14.6. The molecule has 1 unspecified atom stereocenters.